The van der Waals surface area contributed by atoms with Crippen molar-refractivity contribution in [3.05, 3.63) is 74.8 Å². The van der Waals surface area contributed by atoms with Crippen LogP contribution in [0.5, 0.6) is 0 Å². The lowest BCUT2D eigenvalue weighted by molar-refractivity contribution is -0.384. The van der Waals surface area contributed by atoms with E-state index in [2.05, 4.69) is 5.32 Å². The third-order valence-corrected chi connectivity index (χ3v) is 5.03. The second-order valence-electron chi connectivity index (χ2n) is 6.79. The number of nitro benzene ring substituents is 1. The maximum atomic E-state index is 12.4. The molecule has 1 saturated carbocycles. The molecule has 0 saturated heterocycles. The Labute approximate surface area is 153 Å². The van der Waals surface area contributed by atoms with E-state index in [1.54, 1.807) is 0 Å². The van der Waals surface area contributed by atoms with E-state index in [0.29, 0.717) is 6.54 Å². The number of oxazole rings is 1. The number of carbonyl (C=O) groups excluding carboxylic acids is 1. The van der Waals surface area contributed by atoms with Gasteiger partial charge < -0.3 is 9.73 Å². The van der Waals surface area contributed by atoms with E-state index in [1.807, 2.05) is 30.3 Å². The average Bonchev–Trinajstić information content (AvgIpc) is 3.40. The van der Waals surface area contributed by atoms with Crippen LogP contribution < -0.4 is 11.1 Å². The molecule has 1 N–H and O–H groups in total. The number of hydrogen-bond donors (Lipinski definition) is 1. The van der Waals surface area contributed by atoms with Crippen LogP contribution in [0.2, 0.25) is 0 Å². The predicted molar refractivity (Wildman–Crippen MR) is 97.5 cm³/mol. The molecule has 0 atom stereocenters. The van der Waals surface area contributed by atoms with Gasteiger partial charge in [-0.25, -0.2) is 4.79 Å². The van der Waals surface area contributed by atoms with Gasteiger partial charge in [0, 0.05) is 24.1 Å². The lowest BCUT2D eigenvalue weighted by Gasteiger charge is -2.16. The third kappa shape index (κ3) is 3.21. The van der Waals surface area contributed by atoms with Crippen molar-refractivity contribution in [2.45, 2.75) is 24.8 Å². The molecule has 8 nitrogen and oxygen atoms in total. The molecule has 138 valence electrons. The largest absolute Gasteiger partial charge is 0.420 e. The van der Waals surface area contributed by atoms with E-state index in [4.69, 9.17) is 4.42 Å². The maximum Gasteiger partial charge on any atom is 0.420 e. The summed E-state index contributed by atoms with van der Waals surface area (Å²) in [5, 5.41) is 13.8. The molecule has 1 fully saturated rings. The van der Waals surface area contributed by atoms with Gasteiger partial charge in [0.2, 0.25) is 5.91 Å². The topological polar surface area (TPSA) is 107 Å². The third-order valence-electron chi connectivity index (χ3n) is 5.03. The number of non-ortho nitro benzene ring substituents is 1. The van der Waals surface area contributed by atoms with Crippen molar-refractivity contribution >= 4 is 22.7 Å². The van der Waals surface area contributed by atoms with E-state index in [9.17, 15) is 19.7 Å². The number of nitro groups is 1. The Morgan fingerprint density at radius 2 is 1.96 bits per heavy atom. The van der Waals surface area contributed by atoms with Crippen LogP contribution in [0.3, 0.4) is 0 Å². The SMILES string of the molecule is O=C(Cn1c(=O)oc2ccc([N+](=O)[O-])cc21)NCC1(c2ccccc2)CC1. The fourth-order valence-electron chi connectivity index (χ4n) is 3.29. The summed E-state index contributed by atoms with van der Waals surface area (Å²) in [6, 6.07) is 13.8. The first kappa shape index (κ1) is 17.0. The van der Waals surface area contributed by atoms with Gasteiger partial charge in [0.1, 0.15) is 6.54 Å². The Kier molecular flexibility index (Phi) is 4.02. The van der Waals surface area contributed by atoms with Crippen LogP contribution in [0.4, 0.5) is 5.69 Å². The summed E-state index contributed by atoms with van der Waals surface area (Å²) in [7, 11) is 0. The molecular weight excluding hydrogens is 350 g/mol. The fourth-order valence-corrected chi connectivity index (χ4v) is 3.29. The first-order valence-electron chi connectivity index (χ1n) is 8.59. The number of aromatic nitrogens is 1. The van der Waals surface area contributed by atoms with Crippen molar-refractivity contribution in [2.24, 2.45) is 0 Å². The summed E-state index contributed by atoms with van der Waals surface area (Å²) in [5.74, 6) is -1.06. The number of rotatable bonds is 6. The average molecular weight is 367 g/mol. The number of amides is 1. The van der Waals surface area contributed by atoms with E-state index < -0.39 is 10.7 Å². The zero-order valence-corrected chi connectivity index (χ0v) is 14.4. The van der Waals surface area contributed by atoms with Gasteiger partial charge in [-0.3, -0.25) is 19.5 Å². The summed E-state index contributed by atoms with van der Waals surface area (Å²) in [5.41, 5.74) is 1.42. The zero-order valence-electron chi connectivity index (χ0n) is 14.4. The molecule has 0 radical (unpaired) electrons. The minimum atomic E-state index is -0.718. The quantitative estimate of drug-likeness (QED) is 0.531. The molecule has 2 aromatic carbocycles. The van der Waals surface area contributed by atoms with Gasteiger partial charge in [-0.05, 0) is 24.5 Å². The molecule has 0 aliphatic heterocycles. The van der Waals surface area contributed by atoms with Crippen molar-refractivity contribution in [2.75, 3.05) is 6.54 Å². The molecular formula is C19H17N3O5. The fraction of sp³-hybridized carbons (Fsp3) is 0.263. The molecule has 4 rings (SSSR count). The molecule has 8 heteroatoms. The summed E-state index contributed by atoms with van der Waals surface area (Å²) >= 11 is 0. The number of benzene rings is 2. The number of carbonyl (C=O) groups is 1. The molecule has 0 spiro atoms. The number of nitrogens with zero attached hydrogens (tertiary/aromatic N) is 2. The van der Waals surface area contributed by atoms with E-state index in [-0.39, 0.29) is 34.7 Å². The monoisotopic (exact) mass is 367 g/mol. The van der Waals surface area contributed by atoms with Crippen LogP contribution in [0, 0.1) is 10.1 Å². The van der Waals surface area contributed by atoms with E-state index in [0.717, 1.165) is 17.4 Å². The summed E-state index contributed by atoms with van der Waals surface area (Å²) < 4.78 is 6.18. The standard InChI is InChI=1S/C19H17N3O5/c23-17(20-12-19(8-9-19)13-4-2-1-3-5-13)11-21-15-10-14(22(25)26)6-7-16(15)27-18(21)24/h1-7,10H,8-9,11-12H2,(H,20,23). The van der Waals surface area contributed by atoms with Gasteiger partial charge in [-0.2, -0.15) is 0 Å². The second-order valence-corrected chi connectivity index (χ2v) is 6.79. The van der Waals surface area contributed by atoms with Crippen LogP contribution in [-0.2, 0) is 16.8 Å². The van der Waals surface area contributed by atoms with Gasteiger partial charge in [-0.15, -0.1) is 0 Å². The normalized spacial score (nSPS) is 14.8. The molecule has 0 unspecified atom stereocenters. The highest BCUT2D eigenvalue weighted by Gasteiger charge is 2.44. The summed E-state index contributed by atoms with van der Waals surface area (Å²) in [6.45, 7) is 0.235. The molecule has 1 heterocycles. The molecule has 0 bridgehead atoms. The molecule has 1 aliphatic carbocycles. The highest BCUT2D eigenvalue weighted by molar-refractivity contribution is 5.80. The molecule has 1 amide bonds. The number of nitrogens with one attached hydrogen (secondary N) is 1. The van der Waals surface area contributed by atoms with Gasteiger partial charge >= 0.3 is 5.76 Å². The minimum absolute atomic E-state index is 0.0425. The Morgan fingerprint density at radius 3 is 2.63 bits per heavy atom. The Morgan fingerprint density at radius 1 is 1.22 bits per heavy atom. The lowest BCUT2D eigenvalue weighted by atomic mass is 9.96. The second kappa shape index (κ2) is 6.39. The Hall–Kier alpha value is -3.42. The first-order valence-corrected chi connectivity index (χ1v) is 8.59. The van der Waals surface area contributed by atoms with Crippen LogP contribution in [0.1, 0.15) is 18.4 Å². The van der Waals surface area contributed by atoms with Gasteiger partial charge in [0.15, 0.2) is 5.58 Å². The zero-order chi connectivity index (χ0) is 19.0. The van der Waals surface area contributed by atoms with Gasteiger partial charge in [-0.1, -0.05) is 30.3 Å². The van der Waals surface area contributed by atoms with Crippen LogP contribution >= 0.6 is 0 Å². The van der Waals surface area contributed by atoms with E-state index >= 15 is 0 Å². The van der Waals surface area contributed by atoms with Crippen LogP contribution in [0.15, 0.2) is 57.7 Å². The summed E-state index contributed by atoms with van der Waals surface area (Å²) in [6.07, 6.45) is 2.00. The van der Waals surface area contributed by atoms with Crippen molar-refractivity contribution in [3.63, 3.8) is 0 Å². The number of fused-ring (bicyclic) bond motifs is 1. The highest BCUT2D eigenvalue weighted by Crippen LogP contribution is 2.47. The predicted octanol–water partition coefficient (Wildman–Crippen LogP) is 2.35. The van der Waals surface area contributed by atoms with Crippen molar-refractivity contribution < 1.29 is 14.1 Å². The minimum Gasteiger partial charge on any atom is -0.408 e. The van der Waals surface area contributed by atoms with Crippen LogP contribution in [-0.4, -0.2) is 21.9 Å². The molecule has 1 aliphatic rings. The van der Waals surface area contributed by atoms with Crippen molar-refractivity contribution in [1.82, 2.24) is 9.88 Å². The van der Waals surface area contributed by atoms with Crippen LogP contribution in [0.25, 0.3) is 11.1 Å². The first-order chi connectivity index (χ1) is 13.0. The van der Waals surface area contributed by atoms with Crippen molar-refractivity contribution in [1.29, 1.82) is 0 Å². The number of hydrogen-bond acceptors (Lipinski definition) is 5. The van der Waals surface area contributed by atoms with Crippen molar-refractivity contribution in [3.8, 4) is 0 Å². The van der Waals surface area contributed by atoms with E-state index in [1.165, 1.54) is 23.8 Å². The summed E-state index contributed by atoms with van der Waals surface area (Å²) in [4.78, 5) is 34.8. The molecule has 3 aromatic rings. The van der Waals surface area contributed by atoms with Gasteiger partial charge in [0.05, 0.1) is 10.4 Å². The van der Waals surface area contributed by atoms with Gasteiger partial charge in [0.25, 0.3) is 5.69 Å². The highest BCUT2D eigenvalue weighted by atomic mass is 16.6. The molecule has 1 aromatic heterocycles. The lowest BCUT2D eigenvalue weighted by Crippen LogP contribution is -2.36. The maximum absolute atomic E-state index is 12.4. The smallest absolute Gasteiger partial charge is 0.408 e. The Bertz CT molecular complexity index is 1080. The molecule has 27 heavy (non-hydrogen) atoms. The Balaban J connectivity index is 1.50.